The molecule has 2 aromatic rings. The zero-order valence-electron chi connectivity index (χ0n) is 15.3. The zero-order chi connectivity index (χ0) is 19.3. The molecule has 4 N–H and O–H groups in total. The number of hydrogen-bond acceptors (Lipinski definition) is 5. The molecule has 7 nitrogen and oxygen atoms in total. The van der Waals surface area contributed by atoms with E-state index in [1.54, 1.807) is 11.9 Å². The van der Waals surface area contributed by atoms with Crippen LogP contribution in [0.4, 0.5) is 10.5 Å². The number of nitrogens with one attached hydrogen (secondary N) is 4. The van der Waals surface area contributed by atoms with E-state index in [0.717, 1.165) is 52.6 Å². The summed E-state index contributed by atoms with van der Waals surface area (Å²) in [6.45, 7) is 2.18. The summed E-state index contributed by atoms with van der Waals surface area (Å²) < 4.78 is 6.00. The molecule has 0 unspecified atom stereocenters. The summed E-state index contributed by atoms with van der Waals surface area (Å²) in [6.07, 6.45) is 0. The van der Waals surface area contributed by atoms with Crippen LogP contribution >= 0.6 is 11.6 Å². The molecule has 3 aliphatic heterocycles. The number of nitrogens with zero attached hydrogens (tertiary/aromatic N) is 1. The fourth-order valence-electron chi connectivity index (χ4n) is 3.69. The van der Waals surface area contributed by atoms with Crippen LogP contribution < -0.4 is 26.2 Å². The summed E-state index contributed by atoms with van der Waals surface area (Å²) in [5.74, 6) is 0.731. The van der Waals surface area contributed by atoms with Crippen LogP contribution in [0.5, 0.6) is 5.75 Å². The van der Waals surface area contributed by atoms with Crippen molar-refractivity contribution in [3.63, 3.8) is 0 Å². The molecule has 1 fully saturated rings. The molecule has 0 aliphatic carbocycles. The summed E-state index contributed by atoms with van der Waals surface area (Å²) in [5.41, 5.74) is 11.0. The minimum atomic E-state index is -0.209. The molecule has 144 valence electrons. The summed E-state index contributed by atoms with van der Waals surface area (Å²) in [4.78, 5) is 13.8. The Bertz CT molecular complexity index is 1000. The molecule has 8 heteroatoms. The fraction of sp³-hybridized carbons (Fsp3) is 0.250. The highest BCUT2D eigenvalue weighted by molar-refractivity contribution is 6.33. The van der Waals surface area contributed by atoms with Gasteiger partial charge in [-0.05, 0) is 18.2 Å². The molecule has 0 spiro atoms. The van der Waals surface area contributed by atoms with E-state index in [1.807, 2.05) is 30.3 Å². The van der Waals surface area contributed by atoms with Gasteiger partial charge in [-0.1, -0.05) is 29.8 Å². The second-order valence-electron chi connectivity index (χ2n) is 7.10. The standard InChI is InChI=1S/C20H20ClN5O2/c1-26-19-14-6-16(23-11-8-22-9-11)13(12-4-2-3-5-15(12)21)7-18(14)28-10-17(19)24-25-20(26)27/h2-7,11,22-24H,8-10H2,1H3,(H,25,27). The van der Waals surface area contributed by atoms with E-state index in [4.69, 9.17) is 16.3 Å². The first kappa shape index (κ1) is 17.2. The summed E-state index contributed by atoms with van der Waals surface area (Å²) in [6, 6.07) is 12.0. The SMILES string of the molecule is CN1C(=O)NNC2=C1c1cc(NC3CNC3)c(-c3ccccc3Cl)cc1OC2. The van der Waals surface area contributed by atoms with Gasteiger partial charge in [0, 0.05) is 47.5 Å². The summed E-state index contributed by atoms with van der Waals surface area (Å²) in [7, 11) is 1.76. The molecule has 3 aliphatic rings. The average Bonchev–Trinajstić information content (AvgIpc) is 2.67. The lowest BCUT2D eigenvalue weighted by Gasteiger charge is -2.35. The molecule has 28 heavy (non-hydrogen) atoms. The lowest BCUT2D eigenvalue weighted by molar-refractivity contribution is 0.213. The number of anilines is 1. The van der Waals surface area contributed by atoms with Crippen molar-refractivity contribution >= 4 is 29.0 Å². The van der Waals surface area contributed by atoms with Crippen LogP contribution in [-0.2, 0) is 0 Å². The minimum absolute atomic E-state index is 0.209. The van der Waals surface area contributed by atoms with Gasteiger partial charge >= 0.3 is 6.03 Å². The average molecular weight is 398 g/mol. The number of benzene rings is 2. The first-order chi connectivity index (χ1) is 13.6. The Kier molecular flexibility index (Phi) is 4.07. The Morgan fingerprint density at radius 2 is 1.96 bits per heavy atom. The maximum Gasteiger partial charge on any atom is 0.340 e. The number of rotatable bonds is 3. The topological polar surface area (TPSA) is 77.7 Å². The first-order valence-electron chi connectivity index (χ1n) is 9.18. The third-order valence-electron chi connectivity index (χ3n) is 5.30. The summed E-state index contributed by atoms with van der Waals surface area (Å²) in [5, 5.41) is 7.57. The van der Waals surface area contributed by atoms with Crippen molar-refractivity contribution in [3.8, 4) is 16.9 Å². The highest BCUT2D eigenvalue weighted by atomic mass is 35.5. The third-order valence-corrected chi connectivity index (χ3v) is 5.63. The molecule has 0 saturated carbocycles. The van der Waals surface area contributed by atoms with E-state index in [-0.39, 0.29) is 6.03 Å². The predicted octanol–water partition coefficient (Wildman–Crippen LogP) is 2.61. The minimum Gasteiger partial charge on any atom is -0.487 e. The number of hydrazine groups is 1. The Balaban J connectivity index is 1.67. The van der Waals surface area contributed by atoms with Crippen molar-refractivity contribution in [1.82, 2.24) is 21.1 Å². The van der Waals surface area contributed by atoms with Gasteiger partial charge in [0.15, 0.2) is 0 Å². The second-order valence-corrected chi connectivity index (χ2v) is 7.51. The molecular weight excluding hydrogens is 378 g/mol. The number of halogens is 1. The molecular formula is C20H20ClN5O2. The van der Waals surface area contributed by atoms with Gasteiger partial charge in [0.25, 0.3) is 0 Å². The number of hydrogen-bond donors (Lipinski definition) is 4. The Morgan fingerprint density at radius 1 is 1.14 bits per heavy atom. The second kappa shape index (κ2) is 6.61. The smallest absolute Gasteiger partial charge is 0.340 e. The van der Waals surface area contributed by atoms with E-state index in [1.165, 1.54) is 0 Å². The Morgan fingerprint density at radius 3 is 2.71 bits per heavy atom. The molecule has 0 radical (unpaired) electrons. The lowest BCUT2D eigenvalue weighted by Crippen LogP contribution is -2.52. The highest BCUT2D eigenvalue weighted by Crippen LogP contribution is 2.43. The molecule has 2 aromatic carbocycles. The van der Waals surface area contributed by atoms with Gasteiger partial charge in [0.2, 0.25) is 0 Å². The number of ether oxygens (including phenoxy) is 1. The van der Waals surface area contributed by atoms with Gasteiger partial charge in [-0.25, -0.2) is 4.79 Å². The van der Waals surface area contributed by atoms with Crippen molar-refractivity contribution in [2.24, 2.45) is 0 Å². The van der Waals surface area contributed by atoms with Gasteiger partial charge in [-0.15, -0.1) is 0 Å². The summed E-state index contributed by atoms with van der Waals surface area (Å²) >= 11 is 6.49. The van der Waals surface area contributed by atoms with E-state index in [2.05, 4.69) is 27.6 Å². The van der Waals surface area contributed by atoms with Crippen LogP contribution in [0.15, 0.2) is 42.1 Å². The predicted molar refractivity (Wildman–Crippen MR) is 109 cm³/mol. The van der Waals surface area contributed by atoms with Crippen LogP contribution in [0.1, 0.15) is 5.56 Å². The molecule has 1 saturated heterocycles. The van der Waals surface area contributed by atoms with Crippen molar-refractivity contribution in [3.05, 3.63) is 52.7 Å². The van der Waals surface area contributed by atoms with Gasteiger partial charge in [-0.3, -0.25) is 15.8 Å². The number of urea groups is 1. The quantitative estimate of drug-likeness (QED) is 0.640. The van der Waals surface area contributed by atoms with Crippen molar-refractivity contribution in [2.75, 3.05) is 32.1 Å². The molecule has 0 bridgehead atoms. The van der Waals surface area contributed by atoms with Gasteiger partial charge in [0.05, 0.1) is 17.4 Å². The maximum atomic E-state index is 12.1. The van der Waals surface area contributed by atoms with E-state index in [0.29, 0.717) is 17.7 Å². The maximum absolute atomic E-state index is 12.1. The van der Waals surface area contributed by atoms with Gasteiger partial charge in [0.1, 0.15) is 12.4 Å². The number of amides is 2. The van der Waals surface area contributed by atoms with Crippen LogP contribution in [-0.4, -0.2) is 43.7 Å². The van der Waals surface area contributed by atoms with E-state index >= 15 is 0 Å². The molecule has 0 atom stereocenters. The third kappa shape index (κ3) is 2.75. The number of carbonyl (C=O) groups excluding carboxylic acids is 1. The molecule has 3 heterocycles. The van der Waals surface area contributed by atoms with Crippen molar-refractivity contribution < 1.29 is 9.53 Å². The van der Waals surface area contributed by atoms with Gasteiger partial charge in [-0.2, -0.15) is 0 Å². The van der Waals surface area contributed by atoms with Crippen LogP contribution in [0.3, 0.4) is 0 Å². The number of carbonyl (C=O) groups is 1. The van der Waals surface area contributed by atoms with E-state index in [9.17, 15) is 4.79 Å². The zero-order valence-corrected chi connectivity index (χ0v) is 16.1. The van der Waals surface area contributed by atoms with Crippen molar-refractivity contribution in [2.45, 2.75) is 6.04 Å². The highest BCUT2D eigenvalue weighted by Gasteiger charge is 2.32. The van der Waals surface area contributed by atoms with Gasteiger partial charge < -0.3 is 15.4 Å². The Hall–Kier alpha value is -2.90. The Labute approximate surface area is 167 Å². The van der Waals surface area contributed by atoms with E-state index < -0.39 is 0 Å². The van der Waals surface area contributed by atoms with Crippen LogP contribution in [0, 0.1) is 0 Å². The number of fused-ring (bicyclic) bond motifs is 2. The molecule has 2 amide bonds. The van der Waals surface area contributed by atoms with Crippen LogP contribution in [0.25, 0.3) is 16.8 Å². The first-order valence-corrected chi connectivity index (χ1v) is 9.56. The lowest BCUT2D eigenvalue weighted by atomic mass is 9.96. The van der Waals surface area contributed by atoms with Crippen molar-refractivity contribution in [1.29, 1.82) is 0 Å². The fourth-order valence-corrected chi connectivity index (χ4v) is 3.93. The normalized spacial score (nSPS) is 18.4. The molecule has 0 aromatic heterocycles. The largest absolute Gasteiger partial charge is 0.487 e. The monoisotopic (exact) mass is 397 g/mol. The van der Waals surface area contributed by atoms with Crippen LogP contribution in [0.2, 0.25) is 5.02 Å². The molecule has 5 rings (SSSR count).